The van der Waals surface area contributed by atoms with Crippen molar-refractivity contribution in [3.05, 3.63) is 90.0 Å². The Hall–Kier alpha value is -3.31. The first-order valence-electron chi connectivity index (χ1n) is 9.51. The van der Waals surface area contributed by atoms with E-state index in [1.807, 2.05) is 78.9 Å². The Labute approximate surface area is 171 Å². The van der Waals surface area contributed by atoms with Gasteiger partial charge in [-0.1, -0.05) is 66.7 Å². The highest BCUT2D eigenvalue weighted by atomic mass is 16.5. The molecule has 0 spiro atoms. The van der Waals surface area contributed by atoms with Crippen LogP contribution in [-0.2, 0) is 12.1 Å². The molecule has 3 rings (SSSR count). The summed E-state index contributed by atoms with van der Waals surface area (Å²) in [4.78, 5) is 12.1. The number of rotatable bonds is 7. The SMILES string of the molecule is COc1ccc(CNC(=O)NCC(C)(O)c2ccc(-c3ccccc3)cc2)cc1. The van der Waals surface area contributed by atoms with Crippen LogP contribution < -0.4 is 15.4 Å². The minimum Gasteiger partial charge on any atom is -0.497 e. The number of aliphatic hydroxyl groups is 1. The number of carbonyl (C=O) groups excluding carboxylic acids is 1. The lowest BCUT2D eigenvalue weighted by molar-refractivity contribution is 0.0594. The first-order chi connectivity index (χ1) is 14.0. The van der Waals surface area contributed by atoms with Gasteiger partial charge in [0.15, 0.2) is 0 Å². The van der Waals surface area contributed by atoms with Crippen LogP contribution in [0.25, 0.3) is 11.1 Å². The van der Waals surface area contributed by atoms with Crippen LogP contribution in [0.5, 0.6) is 5.75 Å². The highest BCUT2D eigenvalue weighted by Gasteiger charge is 2.23. The molecule has 0 radical (unpaired) electrons. The molecule has 2 amide bonds. The number of methoxy groups -OCH3 is 1. The quantitative estimate of drug-likeness (QED) is 0.570. The summed E-state index contributed by atoms with van der Waals surface area (Å²) in [5.74, 6) is 0.771. The fourth-order valence-corrected chi connectivity index (χ4v) is 3.00. The van der Waals surface area contributed by atoms with Crippen LogP contribution in [0.2, 0.25) is 0 Å². The van der Waals surface area contributed by atoms with Crippen molar-refractivity contribution in [2.45, 2.75) is 19.1 Å². The molecule has 0 bridgehead atoms. The third kappa shape index (κ3) is 5.59. The number of amides is 2. The zero-order valence-corrected chi connectivity index (χ0v) is 16.7. The highest BCUT2D eigenvalue weighted by molar-refractivity contribution is 5.74. The third-order valence-corrected chi connectivity index (χ3v) is 4.82. The van der Waals surface area contributed by atoms with Crippen molar-refractivity contribution in [2.24, 2.45) is 0 Å². The van der Waals surface area contributed by atoms with E-state index in [0.717, 1.165) is 28.0 Å². The van der Waals surface area contributed by atoms with Gasteiger partial charge in [-0.3, -0.25) is 0 Å². The van der Waals surface area contributed by atoms with E-state index in [4.69, 9.17) is 4.74 Å². The second-order valence-corrected chi connectivity index (χ2v) is 7.10. The molecular formula is C24H26N2O3. The minimum atomic E-state index is -1.17. The van der Waals surface area contributed by atoms with Crippen LogP contribution in [0.15, 0.2) is 78.9 Å². The molecule has 0 heterocycles. The Morgan fingerprint density at radius 3 is 2.14 bits per heavy atom. The zero-order valence-electron chi connectivity index (χ0n) is 16.7. The molecular weight excluding hydrogens is 364 g/mol. The van der Waals surface area contributed by atoms with E-state index in [-0.39, 0.29) is 12.6 Å². The Morgan fingerprint density at radius 1 is 0.897 bits per heavy atom. The van der Waals surface area contributed by atoms with Gasteiger partial charge in [-0.05, 0) is 41.3 Å². The van der Waals surface area contributed by atoms with E-state index in [0.29, 0.717) is 6.54 Å². The van der Waals surface area contributed by atoms with Gasteiger partial charge in [0.25, 0.3) is 0 Å². The lowest BCUT2D eigenvalue weighted by atomic mass is 9.94. The molecule has 0 aliphatic rings. The summed E-state index contributed by atoms with van der Waals surface area (Å²) in [6, 6.07) is 24.9. The average molecular weight is 390 g/mol. The topological polar surface area (TPSA) is 70.6 Å². The normalized spacial score (nSPS) is 12.7. The van der Waals surface area contributed by atoms with Crippen LogP contribution in [0.3, 0.4) is 0 Å². The fraction of sp³-hybridized carbons (Fsp3) is 0.208. The molecule has 1 atom stereocenters. The molecule has 0 aliphatic carbocycles. The number of carbonyl (C=O) groups is 1. The lowest BCUT2D eigenvalue weighted by Gasteiger charge is -2.24. The first kappa shape index (κ1) is 20.4. The van der Waals surface area contributed by atoms with Gasteiger partial charge in [-0.25, -0.2) is 4.79 Å². The predicted octanol–water partition coefficient (Wildman–Crippen LogP) is 4.07. The average Bonchev–Trinajstić information content (AvgIpc) is 2.77. The summed E-state index contributed by atoms with van der Waals surface area (Å²) >= 11 is 0. The summed E-state index contributed by atoms with van der Waals surface area (Å²) in [7, 11) is 1.61. The molecule has 0 saturated heterocycles. The largest absolute Gasteiger partial charge is 0.497 e. The highest BCUT2D eigenvalue weighted by Crippen LogP contribution is 2.24. The monoisotopic (exact) mass is 390 g/mol. The van der Waals surface area contributed by atoms with Crippen molar-refractivity contribution < 1.29 is 14.6 Å². The molecule has 1 unspecified atom stereocenters. The van der Waals surface area contributed by atoms with Crippen LogP contribution in [0.1, 0.15) is 18.1 Å². The van der Waals surface area contributed by atoms with Crippen molar-refractivity contribution in [3.8, 4) is 16.9 Å². The van der Waals surface area contributed by atoms with Gasteiger partial charge >= 0.3 is 6.03 Å². The summed E-state index contributed by atoms with van der Waals surface area (Å²) in [6.07, 6.45) is 0. The van der Waals surface area contributed by atoms with E-state index in [1.165, 1.54) is 0 Å². The van der Waals surface area contributed by atoms with Crippen molar-refractivity contribution in [1.82, 2.24) is 10.6 Å². The molecule has 3 aromatic carbocycles. The van der Waals surface area contributed by atoms with E-state index >= 15 is 0 Å². The Balaban J connectivity index is 1.52. The van der Waals surface area contributed by atoms with E-state index in [1.54, 1.807) is 14.0 Å². The number of nitrogens with one attached hydrogen (secondary N) is 2. The molecule has 0 aromatic heterocycles. The van der Waals surface area contributed by atoms with Gasteiger partial charge in [0.2, 0.25) is 0 Å². The van der Waals surface area contributed by atoms with Gasteiger partial charge < -0.3 is 20.5 Å². The number of hydrogen-bond acceptors (Lipinski definition) is 3. The van der Waals surface area contributed by atoms with Gasteiger partial charge in [-0.2, -0.15) is 0 Å². The number of benzene rings is 3. The Bertz CT molecular complexity index is 921. The minimum absolute atomic E-state index is 0.103. The Kier molecular flexibility index (Phi) is 6.52. The van der Waals surface area contributed by atoms with Crippen molar-refractivity contribution >= 4 is 6.03 Å². The molecule has 0 saturated carbocycles. The molecule has 150 valence electrons. The zero-order chi connectivity index (χ0) is 20.7. The van der Waals surface area contributed by atoms with Crippen LogP contribution in [-0.4, -0.2) is 24.8 Å². The molecule has 0 fully saturated rings. The molecule has 3 aromatic rings. The summed E-state index contributed by atoms with van der Waals surface area (Å²) < 4.78 is 5.12. The maximum absolute atomic E-state index is 12.1. The number of ether oxygens (including phenoxy) is 1. The van der Waals surface area contributed by atoms with Gasteiger partial charge in [-0.15, -0.1) is 0 Å². The molecule has 0 aliphatic heterocycles. The van der Waals surface area contributed by atoms with Crippen LogP contribution >= 0.6 is 0 Å². The van der Waals surface area contributed by atoms with Gasteiger partial charge in [0.05, 0.1) is 13.7 Å². The summed E-state index contributed by atoms with van der Waals surface area (Å²) in [6.45, 7) is 2.18. The maximum atomic E-state index is 12.1. The standard InChI is InChI=1S/C24H26N2O3/c1-24(28,21-12-10-20(11-13-21)19-6-4-3-5-7-19)17-26-23(27)25-16-18-8-14-22(29-2)15-9-18/h3-15,28H,16-17H2,1-2H3,(H2,25,26,27). The van der Waals surface area contributed by atoms with Crippen molar-refractivity contribution in [3.63, 3.8) is 0 Å². The van der Waals surface area contributed by atoms with E-state index < -0.39 is 5.60 Å². The van der Waals surface area contributed by atoms with Crippen molar-refractivity contribution in [2.75, 3.05) is 13.7 Å². The molecule has 5 heteroatoms. The third-order valence-electron chi connectivity index (χ3n) is 4.82. The summed E-state index contributed by atoms with van der Waals surface area (Å²) in [5, 5.41) is 16.3. The van der Waals surface area contributed by atoms with E-state index in [2.05, 4.69) is 10.6 Å². The second kappa shape index (κ2) is 9.26. The predicted molar refractivity (Wildman–Crippen MR) is 115 cm³/mol. The van der Waals surface area contributed by atoms with Crippen LogP contribution in [0, 0.1) is 0 Å². The molecule has 5 nitrogen and oxygen atoms in total. The fourth-order valence-electron chi connectivity index (χ4n) is 3.00. The first-order valence-corrected chi connectivity index (χ1v) is 9.51. The lowest BCUT2D eigenvalue weighted by Crippen LogP contribution is -2.43. The Morgan fingerprint density at radius 2 is 1.52 bits per heavy atom. The number of urea groups is 1. The number of hydrogen-bond donors (Lipinski definition) is 3. The maximum Gasteiger partial charge on any atom is 0.315 e. The molecule has 3 N–H and O–H groups in total. The molecule has 29 heavy (non-hydrogen) atoms. The second-order valence-electron chi connectivity index (χ2n) is 7.10. The summed E-state index contributed by atoms with van der Waals surface area (Å²) in [5.41, 5.74) is 2.73. The van der Waals surface area contributed by atoms with Gasteiger partial charge in [0.1, 0.15) is 11.4 Å². The van der Waals surface area contributed by atoms with Crippen LogP contribution in [0.4, 0.5) is 4.79 Å². The van der Waals surface area contributed by atoms with E-state index in [9.17, 15) is 9.90 Å². The van der Waals surface area contributed by atoms with Crippen molar-refractivity contribution in [1.29, 1.82) is 0 Å². The van der Waals surface area contributed by atoms with Gasteiger partial charge in [0, 0.05) is 6.54 Å². The smallest absolute Gasteiger partial charge is 0.315 e.